The monoisotopic (exact) mass is 264 g/mol. The Labute approximate surface area is 115 Å². The van der Waals surface area contributed by atoms with E-state index in [0.717, 1.165) is 13.1 Å². The number of aryl methyl sites for hydroxylation is 1. The van der Waals surface area contributed by atoms with Crippen molar-refractivity contribution in [1.29, 1.82) is 0 Å². The molecule has 1 aromatic carbocycles. The van der Waals surface area contributed by atoms with Crippen LogP contribution in [0.2, 0.25) is 0 Å². The average molecular weight is 264 g/mol. The van der Waals surface area contributed by atoms with Crippen LogP contribution in [0.25, 0.3) is 0 Å². The zero-order valence-electron chi connectivity index (χ0n) is 11.7. The molecule has 1 fully saturated rings. The van der Waals surface area contributed by atoms with Crippen LogP contribution in [-0.2, 0) is 6.54 Å². The first-order valence-electron chi connectivity index (χ1n) is 6.70. The minimum absolute atomic E-state index is 0.417. The third-order valence-electron chi connectivity index (χ3n) is 3.68. The van der Waals surface area contributed by atoms with Crippen LogP contribution in [0, 0.1) is 6.92 Å². The zero-order valence-corrected chi connectivity index (χ0v) is 12.5. The second-order valence-corrected chi connectivity index (χ2v) is 7.47. The normalized spacial score (nSPS) is 19.7. The summed E-state index contributed by atoms with van der Waals surface area (Å²) in [5.74, 6) is 1.21. The highest BCUT2D eigenvalue weighted by atomic mass is 32.2. The van der Waals surface area contributed by atoms with E-state index in [0.29, 0.717) is 11.3 Å². The maximum absolute atomic E-state index is 5.69. The first-order chi connectivity index (χ1) is 8.52. The quantitative estimate of drug-likeness (QED) is 0.889. The molecule has 0 spiro atoms. The Kier molecular flexibility index (Phi) is 4.23. The van der Waals surface area contributed by atoms with Gasteiger partial charge in [-0.25, -0.2) is 0 Å². The van der Waals surface area contributed by atoms with Gasteiger partial charge in [-0.05, 0) is 30.5 Å². The highest BCUT2D eigenvalue weighted by Crippen LogP contribution is 2.33. The Morgan fingerprint density at radius 3 is 2.78 bits per heavy atom. The summed E-state index contributed by atoms with van der Waals surface area (Å²) in [6.07, 6.45) is 1.25. The molecule has 0 atom stereocenters. The molecule has 2 rings (SSSR count). The Balaban J connectivity index is 2.16. The van der Waals surface area contributed by atoms with Crippen LogP contribution in [0.4, 0.5) is 5.69 Å². The molecule has 0 saturated carbocycles. The van der Waals surface area contributed by atoms with E-state index in [2.05, 4.69) is 55.6 Å². The Hall–Kier alpha value is -0.670. The van der Waals surface area contributed by atoms with E-state index in [4.69, 9.17) is 5.73 Å². The summed E-state index contributed by atoms with van der Waals surface area (Å²) >= 11 is 2.09. The van der Waals surface area contributed by atoms with Crippen LogP contribution >= 0.6 is 11.8 Å². The summed E-state index contributed by atoms with van der Waals surface area (Å²) in [4.78, 5) is 2.53. The fraction of sp³-hybridized carbons (Fsp3) is 0.600. The fourth-order valence-electron chi connectivity index (χ4n) is 2.46. The first-order valence-corrected chi connectivity index (χ1v) is 7.69. The Bertz CT molecular complexity index is 415. The van der Waals surface area contributed by atoms with Crippen LogP contribution in [0.1, 0.15) is 31.4 Å². The molecule has 18 heavy (non-hydrogen) atoms. The van der Waals surface area contributed by atoms with Gasteiger partial charge >= 0.3 is 0 Å². The summed E-state index contributed by atoms with van der Waals surface area (Å²) in [6.45, 7) is 9.83. The minimum Gasteiger partial charge on any atom is -0.370 e. The van der Waals surface area contributed by atoms with Gasteiger partial charge in [0.15, 0.2) is 0 Å². The zero-order chi connectivity index (χ0) is 13.2. The van der Waals surface area contributed by atoms with Crippen LogP contribution in [0.15, 0.2) is 18.2 Å². The summed E-state index contributed by atoms with van der Waals surface area (Å²) < 4.78 is 0.417. The van der Waals surface area contributed by atoms with E-state index in [1.54, 1.807) is 0 Å². The molecule has 0 aromatic heterocycles. The highest BCUT2D eigenvalue weighted by molar-refractivity contribution is 8.00. The van der Waals surface area contributed by atoms with Crippen LogP contribution in [0.3, 0.4) is 0 Å². The lowest BCUT2D eigenvalue weighted by molar-refractivity contribution is 0.637. The smallest absolute Gasteiger partial charge is 0.0396 e. The molecule has 0 amide bonds. The molecule has 0 radical (unpaired) electrons. The molecule has 0 aliphatic carbocycles. The lowest BCUT2D eigenvalue weighted by atomic mass is 10.1. The van der Waals surface area contributed by atoms with Crippen LogP contribution in [0.5, 0.6) is 0 Å². The van der Waals surface area contributed by atoms with Gasteiger partial charge in [0.25, 0.3) is 0 Å². The third-order valence-corrected chi connectivity index (χ3v) is 5.05. The molecule has 2 nitrogen and oxygen atoms in total. The number of rotatable bonds is 2. The van der Waals surface area contributed by atoms with E-state index < -0.39 is 0 Å². The molecule has 1 aromatic rings. The van der Waals surface area contributed by atoms with E-state index in [1.165, 1.54) is 29.0 Å². The lowest BCUT2D eigenvalue weighted by Gasteiger charge is -2.26. The van der Waals surface area contributed by atoms with Crippen molar-refractivity contribution in [3.05, 3.63) is 29.3 Å². The maximum Gasteiger partial charge on any atom is 0.0396 e. The van der Waals surface area contributed by atoms with E-state index in [-0.39, 0.29) is 0 Å². The van der Waals surface area contributed by atoms with Crippen molar-refractivity contribution >= 4 is 17.4 Å². The molecule has 2 N–H and O–H groups in total. The van der Waals surface area contributed by atoms with Crippen LogP contribution in [-0.4, -0.2) is 23.6 Å². The van der Waals surface area contributed by atoms with Crippen molar-refractivity contribution in [2.45, 2.75) is 38.5 Å². The Morgan fingerprint density at radius 2 is 2.11 bits per heavy atom. The molecule has 1 heterocycles. The van der Waals surface area contributed by atoms with Gasteiger partial charge in [0.05, 0.1) is 0 Å². The number of hydrogen-bond donors (Lipinski definition) is 1. The van der Waals surface area contributed by atoms with Gasteiger partial charge < -0.3 is 10.6 Å². The van der Waals surface area contributed by atoms with E-state index in [9.17, 15) is 0 Å². The van der Waals surface area contributed by atoms with Gasteiger partial charge in [-0.1, -0.05) is 26.0 Å². The summed E-state index contributed by atoms with van der Waals surface area (Å²) in [6, 6.07) is 6.62. The lowest BCUT2D eigenvalue weighted by Crippen LogP contribution is -2.27. The summed E-state index contributed by atoms with van der Waals surface area (Å²) in [5.41, 5.74) is 9.64. The standard InChI is InChI=1S/C15H24N2S/c1-12-10-13(11-16)4-5-14(12)17-7-6-15(2,3)18-9-8-17/h4-5,10H,6-9,11,16H2,1-3H3. The van der Waals surface area contributed by atoms with Gasteiger partial charge in [0.2, 0.25) is 0 Å². The minimum atomic E-state index is 0.417. The molecule has 0 unspecified atom stereocenters. The summed E-state index contributed by atoms with van der Waals surface area (Å²) in [5, 5.41) is 0. The van der Waals surface area contributed by atoms with Crippen molar-refractivity contribution in [2.75, 3.05) is 23.7 Å². The van der Waals surface area contributed by atoms with Gasteiger partial charge in [-0.15, -0.1) is 0 Å². The predicted molar refractivity (Wildman–Crippen MR) is 82.4 cm³/mol. The van der Waals surface area contributed by atoms with Crippen molar-refractivity contribution in [3.63, 3.8) is 0 Å². The van der Waals surface area contributed by atoms with Gasteiger partial charge in [0.1, 0.15) is 0 Å². The third kappa shape index (κ3) is 3.21. The van der Waals surface area contributed by atoms with E-state index in [1.807, 2.05) is 0 Å². The Morgan fingerprint density at radius 1 is 1.33 bits per heavy atom. The second-order valence-electron chi connectivity index (χ2n) is 5.67. The summed E-state index contributed by atoms with van der Waals surface area (Å²) in [7, 11) is 0. The topological polar surface area (TPSA) is 29.3 Å². The second kappa shape index (κ2) is 5.54. The highest BCUT2D eigenvalue weighted by Gasteiger charge is 2.24. The number of nitrogens with two attached hydrogens (primary N) is 1. The molecule has 1 aliphatic heterocycles. The maximum atomic E-state index is 5.69. The molecule has 3 heteroatoms. The SMILES string of the molecule is Cc1cc(CN)ccc1N1CCSC(C)(C)CC1. The number of anilines is 1. The number of hydrogen-bond acceptors (Lipinski definition) is 3. The predicted octanol–water partition coefficient (Wildman–Crippen LogP) is 3.18. The van der Waals surface area contributed by atoms with Crippen LogP contribution < -0.4 is 10.6 Å². The number of benzene rings is 1. The first kappa shape index (κ1) is 13.8. The largest absolute Gasteiger partial charge is 0.370 e. The molecule has 100 valence electrons. The number of thioether (sulfide) groups is 1. The van der Waals surface area contributed by atoms with Gasteiger partial charge in [-0.3, -0.25) is 0 Å². The van der Waals surface area contributed by atoms with E-state index >= 15 is 0 Å². The number of nitrogens with zero attached hydrogens (tertiary/aromatic N) is 1. The molecule has 1 aliphatic rings. The molecular weight excluding hydrogens is 240 g/mol. The molecule has 0 bridgehead atoms. The van der Waals surface area contributed by atoms with Gasteiger partial charge in [-0.2, -0.15) is 11.8 Å². The average Bonchev–Trinajstić information content (AvgIpc) is 2.50. The fourth-order valence-corrected chi connectivity index (χ4v) is 3.56. The molecular formula is C15H24N2S. The van der Waals surface area contributed by atoms with Crippen molar-refractivity contribution in [1.82, 2.24) is 0 Å². The molecule has 1 saturated heterocycles. The van der Waals surface area contributed by atoms with Crippen molar-refractivity contribution in [3.8, 4) is 0 Å². The van der Waals surface area contributed by atoms with Crippen molar-refractivity contribution in [2.24, 2.45) is 5.73 Å². The van der Waals surface area contributed by atoms with Crippen molar-refractivity contribution < 1.29 is 0 Å². The van der Waals surface area contributed by atoms with Gasteiger partial charge in [0, 0.05) is 35.8 Å².